The number of hydrogen-bond acceptors (Lipinski definition) is 6. The smallest absolute Gasteiger partial charge is 0.269 e. The summed E-state index contributed by atoms with van der Waals surface area (Å²) in [7, 11) is 0. The lowest BCUT2D eigenvalue weighted by Gasteiger charge is -2.14. The number of nitro groups is 1. The van der Waals surface area contributed by atoms with Crippen LogP contribution in [-0.2, 0) is 6.42 Å². The number of anilines is 1. The van der Waals surface area contributed by atoms with E-state index in [-0.39, 0.29) is 5.69 Å². The summed E-state index contributed by atoms with van der Waals surface area (Å²) < 4.78 is 0. The molecule has 7 nitrogen and oxygen atoms in total. The number of non-ortho nitro benzene ring substituents is 1. The van der Waals surface area contributed by atoms with E-state index >= 15 is 0 Å². The lowest BCUT2D eigenvalue weighted by Crippen LogP contribution is -2.28. The van der Waals surface area contributed by atoms with Gasteiger partial charge in [-0.05, 0) is 54.8 Å². The lowest BCUT2D eigenvalue weighted by molar-refractivity contribution is -0.384. The van der Waals surface area contributed by atoms with Gasteiger partial charge in [0.1, 0.15) is 5.82 Å². The van der Waals surface area contributed by atoms with Gasteiger partial charge in [0.25, 0.3) is 5.69 Å². The number of hydrogen-bond donors (Lipinski definition) is 3. The highest BCUT2D eigenvalue weighted by Crippen LogP contribution is 2.25. The van der Waals surface area contributed by atoms with Crippen molar-refractivity contribution < 1.29 is 4.92 Å². The Morgan fingerprint density at radius 3 is 2.45 bits per heavy atom. The van der Waals surface area contributed by atoms with Crippen LogP contribution in [0.4, 0.5) is 11.5 Å². The quantitative estimate of drug-likeness (QED) is 0.321. The van der Waals surface area contributed by atoms with Crippen LogP contribution in [0.2, 0.25) is 0 Å². The van der Waals surface area contributed by atoms with Crippen molar-refractivity contribution in [2.45, 2.75) is 19.5 Å². The number of benzene rings is 2. The highest BCUT2D eigenvalue weighted by Gasteiger charge is 2.10. The topological polar surface area (TPSA) is 120 Å². The summed E-state index contributed by atoms with van der Waals surface area (Å²) in [6, 6.07) is 20.4. The Kier molecular flexibility index (Phi) is 6.21. The van der Waals surface area contributed by atoms with Crippen molar-refractivity contribution in [3.05, 3.63) is 99.7 Å². The summed E-state index contributed by atoms with van der Waals surface area (Å²) in [5.74, 6) is 0.608. The van der Waals surface area contributed by atoms with E-state index in [9.17, 15) is 10.1 Å². The molecule has 0 aliphatic carbocycles. The molecule has 0 aliphatic heterocycles. The zero-order valence-corrected chi connectivity index (χ0v) is 16.1. The van der Waals surface area contributed by atoms with Gasteiger partial charge < -0.3 is 16.8 Å². The van der Waals surface area contributed by atoms with Gasteiger partial charge in [0.15, 0.2) is 0 Å². The third-order valence-electron chi connectivity index (χ3n) is 4.27. The van der Waals surface area contributed by atoms with Gasteiger partial charge in [-0.3, -0.25) is 10.1 Å². The van der Waals surface area contributed by atoms with Crippen LogP contribution in [-0.4, -0.2) is 16.1 Å². The minimum atomic E-state index is -0.482. The molecule has 0 bridgehead atoms. The van der Waals surface area contributed by atoms with Crippen LogP contribution in [0.5, 0.6) is 0 Å². The van der Waals surface area contributed by atoms with Crippen molar-refractivity contribution in [1.29, 1.82) is 0 Å². The molecule has 1 unspecified atom stereocenters. The maximum Gasteiger partial charge on any atom is 0.269 e. The Bertz CT molecular complexity index is 1010. The third kappa shape index (κ3) is 5.63. The number of nitro benzene ring substituents is 1. The fourth-order valence-corrected chi connectivity index (χ4v) is 2.99. The normalized spacial score (nSPS) is 12.4. The van der Waals surface area contributed by atoms with E-state index < -0.39 is 11.1 Å². The minimum Gasteiger partial charge on any atom is -0.402 e. The van der Waals surface area contributed by atoms with Crippen molar-refractivity contribution in [1.82, 2.24) is 4.98 Å². The number of nitrogens with one attached hydrogen (secondary N) is 1. The van der Waals surface area contributed by atoms with Crippen LogP contribution >= 0.6 is 0 Å². The molecule has 0 spiro atoms. The van der Waals surface area contributed by atoms with Crippen LogP contribution in [0.1, 0.15) is 18.1 Å². The molecule has 1 aromatic heterocycles. The first-order valence-electron chi connectivity index (χ1n) is 9.16. The molecule has 3 rings (SSSR count). The molecule has 1 atom stereocenters. The number of allylic oxidation sites excluding steroid dienone is 1. The van der Waals surface area contributed by atoms with Gasteiger partial charge in [0.2, 0.25) is 0 Å². The number of nitrogens with two attached hydrogens (primary N) is 2. The van der Waals surface area contributed by atoms with Crippen LogP contribution in [0.15, 0.2) is 78.5 Å². The number of nitrogens with zero attached hydrogens (tertiary/aromatic N) is 2. The molecular weight excluding hydrogens is 366 g/mol. The second-order valence-corrected chi connectivity index (χ2v) is 6.79. The van der Waals surface area contributed by atoms with Crippen molar-refractivity contribution in [3.63, 3.8) is 0 Å². The van der Waals surface area contributed by atoms with E-state index in [1.807, 2.05) is 30.3 Å². The van der Waals surface area contributed by atoms with Crippen LogP contribution in [0, 0.1) is 10.1 Å². The van der Waals surface area contributed by atoms with Crippen molar-refractivity contribution in [3.8, 4) is 11.3 Å². The maximum absolute atomic E-state index is 10.9. The molecule has 148 valence electrons. The molecule has 29 heavy (non-hydrogen) atoms. The van der Waals surface area contributed by atoms with E-state index in [1.165, 1.54) is 17.7 Å². The molecule has 7 heteroatoms. The molecule has 3 aromatic rings. The largest absolute Gasteiger partial charge is 0.402 e. The van der Waals surface area contributed by atoms with E-state index in [2.05, 4.69) is 22.4 Å². The summed E-state index contributed by atoms with van der Waals surface area (Å²) in [4.78, 5) is 15.1. The van der Waals surface area contributed by atoms with Gasteiger partial charge in [-0.15, -0.1) is 0 Å². The fourth-order valence-electron chi connectivity index (χ4n) is 2.99. The number of pyridine rings is 1. The predicted octanol–water partition coefficient (Wildman–Crippen LogP) is 3.81. The zero-order chi connectivity index (χ0) is 20.8. The van der Waals surface area contributed by atoms with Gasteiger partial charge in [0, 0.05) is 23.4 Å². The van der Waals surface area contributed by atoms with Gasteiger partial charge in [-0.2, -0.15) is 0 Å². The Morgan fingerprint density at radius 2 is 1.83 bits per heavy atom. The standard InChI is InChI=1S/C22H23N5O2/c1-15(23)11-21(24)26-22-14-17(12-16-5-3-2-4-6-16)13-20(25-22)18-7-9-19(10-8-18)27(28)29/h2-11,13-14,21H,12,23-24H2,1H3,(H,25,26)/b15-11-. The summed E-state index contributed by atoms with van der Waals surface area (Å²) in [6.07, 6.45) is 1.94. The number of rotatable bonds is 7. The van der Waals surface area contributed by atoms with Gasteiger partial charge in [0.05, 0.1) is 16.8 Å². The van der Waals surface area contributed by atoms with Crippen LogP contribution in [0.25, 0.3) is 11.3 Å². The predicted molar refractivity (Wildman–Crippen MR) is 115 cm³/mol. The highest BCUT2D eigenvalue weighted by atomic mass is 16.6. The maximum atomic E-state index is 10.9. The highest BCUT2D eigenvalue weighted by molar-refractivity contribution is 5.64. The molecule has 0 radical (unpaired) electrons. The molecule has 2 aromatic carbocycles. The summed E-state index contributed by atoms with van der Waals surface area (Å²) >= 11 is 0. The summed E-state index contributed by atoms with van der Waals surface area (Å²) in [5.41, 5.74) is 16.1. The monoisotopic (exact) mass is 389 g/mol. The Balaban J connectivity index is 1.97. The third-order valence-corrected chi connectivity index (χ3v) is 4.27. The molecule has 0 saturated heterocycles. The molecule has 0 fully saturated rings. The van der Waals surface area contributed by atoms with Crippen LogP contribution in [0.3, 0.4) is 0 Å². The summed E-state index contributed by atoms with van der Waals surface area (Å²) in [6.45, 7) is 1.77. The van der Waals surface area contributed by atoms with E-state index in [0.717, 1.165) is 17.5 Å². The van der Waals surface area contributed by atoms with E-state index in [0.29, 0.717) is 17.2 Å². The molecule has 0 aliphatic rings. The zero-order valence-electron chi connectivity index (χ0n) is 16.1. The minimum absolute atomic E-state index is 0.0399. The average Bonchev–Trinajstić information content (AvgIpc) is 2.68. The van der Waals surface area contributed by atoms with Crippen molar-refractivity contribution in [2.24, 2.45) is 11.5 Å². The van der Waals surface area contributed by atoms with Crippen molar-refractivity contribution in [2.75, 3.05) is 5.32 Å². The first kappa shape index (κ1) is 20.0. The van der Waals surface area contributed by atoms with Gasteiger partial charge in [-0.1, -0.05) is 30.3 Å². The molecule has 0 saturated carbocycles. The lowest BCUT2D eigenvalue weighted by atomic mass is 10.0. The summed E-state index contributed by atoms with van der Waals surface area (Å²) in [5, 5.41) is 14.1. The first-order valence-corrected chi connectivity index (χ1v) is 9.16. The van der Waals surface area contributed by atoms with Crippen molar-refractivity contribution >= 4 is 11.5 Å². The Morgan fingerprint density at radius 1 is 1.14 bits per heavy atom. The first-order chi connectivity index (χ1) is 13.9. The van der Waals surface area contributed by atoms with E-state index in [1.54, 1.807) is 25.1 Å². The molecular formula is C22H23N5O2. The number of aromatic nitrogens is 1. The second kappa shape index (κ2) is 8.99. The van der Waals surface area contributed by atoms with E-state index in [4.69, 9.17) is 11.5 Å². The fraction of sp³-hybridized carbons (Fsp3) is 0.136. The Hall–Kier alpha value is -3.71. The molecule has 0 amide bonds. The van der Waals surface area contributed by atoms with Crippen LogP contribution < -0.4 is 16.8 Å². The Labute approximate surface area is 169 Å². The van der Waals surface area contributed by atoms with Gasteiger partial charge in [-0.25, -0.2) is 4.98 Å². The average molecular weight is 389 g/mol. The molecule has 5 N–H and O–H groups in total. The second-order valence-electron chi connectivity index (χ2n) is 6.79. The molecule has 1 heterocycles. The van der Waals surface area contributed by atoms with Gasteiger partial charge >= 0.3 is 0 Å². The SMILES string of the molecule is C/C(N)=C/C(N)Nc1cc(Cc2ccccc2)cc(-c2ccc([N+](=O)[O-])cc2)n1.